The van der Waals surface area contributed by atoms with Gasteiger partial charge in [-0.1, -0.05) is 18.2 Å². The van der Waals surface area contributed by atoms with E-state index in [0.29, 0.717) is 42.5 Å². The molecule has 152 valence electrons. The Labute approximate surface area is 169 Å². The molecule has 0 aliphatic carbocycles. The van der Waals surface area contributed by atoms with Crippen molar-refractivity contribution in [2.75, 3.05) is 32.1 Å². The molecule has 0 saturated carbocycles. The van der Waals surface area contributed by atoms with Crippen LogP contribution in [0.4, 0.5) is 5.69 Å². The maximum absolute atomic E-state index is 12.9. The van der Waals surface area contributed by atoms with Crippen molar-refractivity contribution in [1.82, 2.24) is 4.90 Å². The molecule has 2 aromatic carbocycles. The third-order valence-electron chi connectivity index (χ3n) is 4.99. The largest absolute Gasteiger partial charge is 0.486 e. The maximum Gasteiger partial charge on any atom is 0.253 e. The van der Waals surface area contributed by atoms with Gasteiger partial charge in [-0.15, -0.1) is 0 Å². The van der Waals surface area contributed by atoms with Crippen LogP contribution >= 0.6 is 0 Å². The van der Waals surface area contributed by atoms with Gasteiger partial charge in [0.05, 0.1) is 6.54 Å². The summed E-state index contributed by atoms with van der Waals surface area (Å²) >= 11 is 0. The van der Waals surface area contributed by atoms with E-state index in [9.17, 15) is 9.59 Å². The number of ether oxygens (including phenoxy) is 3. The number of amides is 2. The number of carbonyl (C=O) groups is 2. The van der Waals surface area contributed by atoms with Gasteiger partial charge in [0, 0.05) is 24.9 Å². The first kappa shape index (κ1) is 19.3. The van der Waals surface area contributed by atoms with Gasteiger partial charge in [-0.2, -0.15) is 0 Å². The first-order valence-electron chi connectivity index (χ1n) is 9.76. The topological polar surface area (TPSA) is 77.1 Å². The second kappa shape index (κ2) is 8.53. The van der Waals surface area contributed by atoms with Crippen LogP contribution in [-0.2, 0) is 9.53 Å². The lowest BCUT2D eigenvalue weighted by Crippen LogP contribution is -2.41. The molecule has 2 atom stereocenters. The Bertz CT molecular complexity index is 894. The van der Waals surface area contributed by atoms with E-state index in [4.69, 9.17) is 14.2 Å². The normalized spacial score (nSPS) is 20.2. The summed E-state index contributed by atoms with van der Waals surface area (Å²) in [4.78, 5) is 26.7. The Balaban J connectivity index is 1.37. The van der Waals surface area contributed by atoms with Crippen LogP contribution in [-0.4, -0.2) is 55.7 Å². The summed E-state index contributed by atoms with van der Waals surface area (Å²) in [5.41, 5.74) is 1.07. The molecule has 4 rings (SSSR count). The van der Waals surface area contributed by atoms with Crippen LogP contribution in [0.1, 0.15) is 23.2 Å². The van der Waals surface area contributed by atoms with Gasteiger partial charge in [0.15, 0.2) is 17.6 Å². The minimum atomic E-state index is -0.414. The second-order valence-corrected chi connectivity index (χ2v) is 7.25. The summed E-state index contributed by atoms with van der Waals surface area (Å²) in [7, 11) is 1.73. The van der Waals surface area contributed by atoms with Crippen LogP contribution in [0.2, 0.25) is 0 Å². The fraction of sp³-hybridized carbons (Fsp3) is 0.364. The van der Waals surface area contributed by atoms with E-state index < -0.39 is 6.10 Å². The lowest BCUT2D eigenvalue weighted by molar-refractivity contribution is -0.124. The number of nitrogens with zero attached hydrogens (tertiary/aromatic N) is 1. The Morgan fingerprint density at radius 1 is 1.14 bits per heavy atom. The average Bonchev–Trinajstić information content (AvgIpc) is 3.28. The van der Waals surface area contributed by atoms with Crippen molar-refractivity contribution < 1.29 is 23.8 Å². The number of rotatable bonds is 5. The average molecular weight is 396 g/mol. The Kier molecular flexibility index (Phi) is 5.67. The minimum Gasteiger partial charge on any atom is -0.486 e. The number of carbonyl (C=O) groups excluding carboxylic acids is 2. The van der Waals surface area contributed by atoms with Crippen molar-refractivity contribution in [3.8, 4) is 11.5 Å². The molecule has 2 amide bonds. The number of hydrogen-bond donors (Lipinski definition) is 1. The van der Waals surface area contributed by atoms with E-state index in [1.54, 1.807) is 36.2 Å². The van der Waals surface area contributed by atoms with Crippen molar-refractivity contribution in [3.05, 3.63) is 54.1 Å². The molecule has 1 N–H and O–H groups in total. The smallest absolute Gasteiger partial charge is 0.253 e. The molecule has 0 spiro atoms. The maximum atomic E-state index is 12.9. The monoisotopic (exact) mass is 396 g/mol. The highest BCUT2D eigenvalue weighted by Crippen LogP contribution is 2.31. The third kappa shape index (κ3) is 4.51. The van der Waals surface area contributed by atoms with Crippen LogP contribution in [0.15, 0.2) is 48.5 Å². The highest BCUT2D eigenvalue weighted by Gasteiger charge is 2.25. The zero-order chi connectivity index (χ0) is 20.2. The summed E-state index contributed by atoms with van der Waals surface area (Å²) in [6.07, 6.45) is 0.947. The first-order chi connectivity index (χ1) is 14.1. The summed E-state index contributed by atoms with van der Waals surface area (Å²) < 4.78 is 17.0. The minimum absolute atomic E-state index is 0.152. The molecular weight excluding hydrogens is 372 g/mol. The van der Waals surface area contributed by atoms with Gasteiger partial charge in [0.25, 0.3) is 11.8 Å². The van der Waals surface area contributed by atoms with Crippen molar-refractivity contribution >= 4 is 17.5 Å². The number of anilines is 1. The fourth-order valence-corrected chi connectivity index (χ4v) is 3.50. The van der Waals surface area contributed by atoms with Crippen molar-refractivity contribution in [2.45, 2.75) is 25.0 Å². The lowest BCUT2D eigenvalue weighted by Gasteiger charge is -2.29. The molecule has 1 fully saturated rings. The molecule has 1 saturated heterocycles. The predicted molar refractivity (Wildman–Crippen MR) is 107 cm³/mol. The van der Waals surface area contributed by atoms with Crippen LogP contribution in [0, 0.1) is 0 Å². The number of hydrogen-bond acceptors (Lipinski definition) is 5. The first-order valence-corrected chi connectivity index (χ1v) is 9.76. The molecule has 0 radical (unpaired) electrons. The lowest BCUT2D eigenvalue weighted by atomic mass is 10.1. The summed E-state index contributed by atoms with van der Waals surface area (Å²) in [5, 5.41) is 2.83. The molecule has 0 aromatic heterocycles. The summed E-state index contributed by atoms with van der Waals surface area (Å²) in [6, 6.07) is 14.4. The van der Waals surface area contributed by atoms with Gasteiger partial charge in [-0.3, -0.25) is 9.59 Å². The Morgan fingerprint density at radius 2 is 1.97 bits per heavy atom. The van der Waals surface area contributed by atoms with Crippen molar-refractivity contribution in [3.63, 3.8) is 0 Å². The predicted octanol–water partition coefficient (Wildman–Crippen LogP) is 2.72. The van der Waals surface area contributed by atoms with Crippen LogP contribution < -0.4 is 14.8 Å². The molecule has 7 heteroatoms. The number of likely N-dealkylation sites (N-methyl/N-ethyl adjacent to an activating group) is 1. The van der Waals surface area contributed by atoms with Gasteiger partial charge in [-0.05, 0) is 43.2 Å². The molecule has 7 nitrogen and oxygen atoms in total. The molecule has 0 unspecified atom stereocenters. The molecule has 2 aliphatic heterocycles. The second-order valence-electron chi connectivity index (χ2n) is 7.25. The fourth-order valence-electron chi connectivity index (χ4n) is 3.50. The van der Waals surface area contributed by atoms with Gasteiger partial charge in [0.2, 0.25) is 0 Å². The molecule has 2 aliphatic rings. The molecule has 2 heterocycles. The van der Waals surface area contributed by atoms with E-state index in [2.05, 4.69) is 5.32 Å². The van der Waals surface area contributed by atoms with E-state index in [0.717, 1.165) is 12.8 Å². The van der Waals surface area contributed by atoms with E-state index >= 15 is 0 Å². The van der Waals surface area contributed by atoms with Gasteiger partial charge in [-0.25, -0.2) is 0 Å². The SMILES string of the molecule is CN(C[C@@H]1COc2ccccc2O1)C(=O)c1cccc(NC(=O)[C@@H]2CCCO2)c1. The summed E-state index contributed by atoms with van der Waals surface area (Å²) in [6.45, 7) is 1.38. The summed E-state index contributed by atoms with van der Waals surface area (Å²) in [5.74, 6) is 1.07. The quantitative estimate of drug-likeness (QED) is 0.841. The number of benzene rings is 2. The molecular formula is C22H24N2O5. The number of fused-ring (bicyclic) bond motifs is 1. The van der Waals surface area contributed by atoms with Gasteiger partial charge in [0.1, 0.15) is 12.7 Å². The van der Waals surface area contributed by atoms with Crippen molar-refractivity contribution in [1.29, 1.82) is 0 Å². The van der Waals surface area contributed by atoms with Crippen LogP contribution in [0.3, 0.4) is 0 Å². The van der Waals surface area contributed by atoms with Crippen LogP contribution in [0.5, 0.6) is 11.5 Å². The van der Waals surface area contributed by atoms with E-state index in [1.807, 2.05) is 24.3 Å². The number of nitrogens with one attached hydrogen (secondary N) is 1. The van der Waals surface area contributed by atoms with E-state index in [1.165, 1.54) is 0 Å². The molecule has 29 heavy (non-hydrogen) atoms. The standard InChI is InChI=1S/C22H24N2O5/c1-24(13-17-14-28-18-8-2-3-9-19(18)29-17)22(26)15-6-4-7-16(12-15)23-21(25)20-10-5-11-27-20/h2-4,6-9,12,17,20H,5,10-11,13-14H2,1H3,(H,23,25)/t17-,20+/m1/s1. The van der Waals surface area contributed by atoms with Gasteiger partial charge < -0.3 is 24.4 Å². The van der Waals surface area contributed by atoms with Crippen LogP contribution in [0.25, 0.3) is 0 Å². The number of para-hydroxylation sites is 2. The zero-order valence-electron chi connectivity index (χ0n) is 16.3. The highest BCUT2D eigenvalue weighted by molar-refractivity contribution is 5.98. The van der Waals surface area contributed by atoms with E-state index in [-0.39, 0.29) is 17.9 Å². The van der Waals surface area contributed by atoms with Gasteiger partial charge >= 0.3 is 0 Å². The zero-order valence-corrected chi connectivity index (χ0v) is 16.3. The highest BCUT2D eigenvalue weighted by atomic mass is 16.6. The Morgan fingerprint density at radius 3 is 2.76 bits per heavy atom. The molecule has 0 bridgehead atoms. The third-order valence-corrected chi connectivity index (χ3v) is 4.99. The molecule has 2 aromatic rings. The van der Waals surface area contributed by atoms with Crippen molar-refractivity contribution in [2.24, 2.45) is 0 Å². The Hall–Kier alpha value is -3.06.